The van der Waals surface area contributed by atoms with E-state index in [4.69, 9.17) is 4.74 Å². The van der Waals surface area contributed by atoms with Crippen LogP contribution in [-0.2, 0) is 4.74 Å². The molecule has 3 aromatic rings. The summed E-state index contributed by atoms with van der Waals surface area (Å²) in [6.45, 7) is 20.4. The molecule has 0 saturated carbocycles. The molecular formula is C39H51BrF3N3O8Sn. The third-order valence-electron chi connectivity index (χ3n) is 8.25. The summed E-state index contributed by atoms with van der Waals surface area (Å²) in [4.78, 5) is 39.1. The van der Waals surface area contributed by atoms with E-state index in [9.17, 15) is 48.3 Å². The van der Waals surface area contributed by atoms with Crippen molar-refractivity contribution in [1.29, 1.82) is 0 Å². The van der Waals surface area contributed by atoms with E-state index < -0.39 is 73.4 Å². The normalized spacial score (nSPS) is 10.3. The van der Waals surface area contributed by atoms with Gasteiger partial charge in [0.2, 0.25) is 17.5 Å². The standard InChI is InChI=1S/C9H8FNO2.C8H6FNO3.C6H3BrFNO2.C4H7O.3C4H9.Sn/c1-6(2)7-4-3-5-8(9(7)10)11(12)13;1-5(11)6-3-2-4-7(8(6)9)10(12)13;7-4-2-1-3-5(6(4)8)9(10)11;1-3-5-4-2;3*1-3-4-2;/h3-5H,1H2,2H3;2-4H,1H3;1-3H;1,4H2,2H3;3*1,3-4H2,2H3;. The molecule has 302 valence electrons. The van der Waals surface area contributed by atoms with Crippen LogP contribution in [-0.4, -0.2) is 45.5 Å². The van der Waals surface area contributed by atoms with Crippen molar-refractivity contribution in [2.75, 3.05) is 6.61 Å². The second-order valence-corrected chi connectivity index (χ2v) is 26.4. The first kappa shape index (κ1) is 50.9. The van der Waals surface area contributed by atoms with Crippen LogP contribution >= 0.6 is 15.9 Å². The van der Waals surface area contributed by atoms with Gasteiger partial charge in [0, 0.05) is 23.8 Å². The van der Waals surface area contributed by atoms with Crippen LogP contribution in [0.2, 0.25) is 13.3 Å². The predicted molar refractivity (Wildman–Crippen MR) is 217 cm³/mol. The molecule has 55 heavy (non-hydrogen) atoms. The van der Waals surface area contributed by atoms with Crippen molar-refractivity contribution in [3.63, 3.8) is 0 Å². The summed E-state index contributed by atoms with van der Waals surface area (Å²) < 4.78 is 50.8. The van der Waals surface area contributed by atoms with Crippen molar-refractivity contribution < 1.29 is 37.5 Å². The van der Waals surface area contributed by atoms with E-state index in [0.29, 0.717) is 5.57 Å². The average molecular weight is 945 g/mol. The smallest absolute Gasteiger partial charge is 0.294 e. The summed E-state index contributed by atoms with van der Waals surface area (Å²) in [5.41, 5.74) is -1.29. The fraction of sp³-hybridized carbons (Fsp3) is 0.410. The summed E-state index contributed by atoms with van der Waals surface area (Å²) in [5, 5.41) is 30.7. The summed E-state index contributed by atoms with van der Waals surface area (Å²) in [5.74, 6) is -3.25. The Morgan fingerprint density at radius 2 is 1.04 bits per heavy atom. The molecule has 0 aromatic heterocycles. The number of benzene rings is 3. The number of ketones is 1. The van der Waals surface area contributed by atoms with Crippen LogP contribution in [0.3, 0.4) is 0 Å². The molecule has 0 atom stereocenters. The number of rotatable bonds is 17. The van der Waals surface area contributed by atoms with Crippen molar-refractivity contribution in [3.05, 3.63) is 135 Å². The number of hydrogen-bond acceptors (Lipinski definition) is 8. The first-order valence-electron chi connectivity index (χ1n) is 17.8. The molecule has 0 fully saturated rings. The molecule has 11 nitrogen and oxygen atoms in total. The number of nitro groups is 3. The third kappa shape index (κ3) is 17.1. The fourth-order valence-corrected chi connectivity index (χ4v) is 20.2. The van der Waals surface area contributed by atoms with Gasteiger partial charge in [-0.3, -0.25) is 35.1 Å². The fourth-order valence-electron chi connectivity index (χ4n) is 5.22. The minimum atomic E-state index is -2.24. The number of allylic oxidation sites excluding steroid dienone is 1. The van der Waals surface area contributed by atoms with Crippen molar-refractivity contribution in [1.82, 2.24) is 0 Å². The summed E-state index contributed by atoms with van der Waals surface area (Å²) in [6.07, 6.45) is 8.10. The Balaban J connectivity index is 0.000000717. The molecule has 0 N–H and O–H groups in total. The van der Waals surface area contributed by atoms with Crippen molar-refractivity contribution in [3.8, 4) is 0 Å². The molecule has 0 unspecified atom stereocenters. The van der Waals surface area contributed by atoms with Crippen molar-refractivity contribution >= 4 is 62.7 Å². The van der Waals surface area contributed by atoms with E-state index in [1.54, 1.807) is 6.92 Å². The number of hydrogen-bond donors (Lipinski definition) is 0. The van der Waals surface area contributed by atoms with E-state index >= 15 is 0 Å². The Kier molecular flexibility index (Phi) is 24.6. The van der Waals surface area contributed by atoms with Gasteiger partial charge in [-0.25, -0.2) is 0 Å². The number of Topliss-reactive ketones (excluding diaryl/α,β-unsaturated/α-hetero) is 1. The monoisotopic (exact) mass is 945 g/mol. The van der Waals surface area contributed by atoms with E-state index in [1.165, 1.54) is 92.0 Å². The van der Waals surface area contributed by atoms with Gasteiger partial charge in [0.15, 0.2) is 5.78 Å². The van der Waals surface area contributed by atoms with Crippen LogP contribution in [0.1, 0.15) is 96.0 Å². The Hall–Kier alpha value is -4.12. The number of carbonyl (C=O) groups excluding carboxylic acids is 1. The van der Waals surface area contributed by atoms with Gasteiger partial charge in [0.05, 0.1) is 24.8 Å². The number of unbranched alkanes of at least 4 members (excludes halogenated alkanes) is 3. The molecule has 0 amide bonds. The van der Waals surface area contributed by atoms with Gasteiger partial charge >= 0.3 is 137 Å². The number of carbonyl (C=O) groups is 1. The predicted octanol–water partition coefficient (Wildman–Crippen LogP) is 13.1. The summed E-state index contributed by atoms with van der Waals surface area (Å²) in [7, 11) is 0. The summed E-state index contributed by atoms with van der Waals surface area (Å²) >= 11 is 0.592. The molecule has 0 heterocycles. The molecule has 0 spiro atoms. The second kappa shape index (κ2) is 26.6. The molecule has 0 aliphatic carbocycles. The van der Waals surface area contributed by atoms with Gasteiger partial charge in [-0.15, -0.1) is 0 Å². The zero-order valence-corrected chi connectivity index (χ0v) is 36.7. The molecule has 0 bridgehead atoms. The third-order valence-corrected chi connectivity index (χ3v) is 23.9. The topological polar surface area (TPSA) is 156 Å². The number of nitrogens with zero attached hydrogens (tertiary/aromatic N) is 3. The van der Waals surface area contributed by atoms with Crippen LogP contribution in [0.15, 0.2) is 76.0 Å². The van der Waals surface area contributed by atoms with Crippen molar-refractivity contribution in [2.45, 2.75) is 93.4 Å². The van der Waals surface area contributed by atoms with Gasteiger partial charge < -0.3 is 0 Å². The minimum absolute atomic E-state index is 0.103. The Morgan fingerprint density at radius 3 is 1.36 bits per heavy atom. The molecule has 0 saturated heterocycles. The largest absolute Gasteiger partial charge is 0.305 e. The Bertz CT molecular complexity index is 1620. The van der Waals surface area contributed by atoms with E-state index in [1.807, 2.05) is 0 Å². The number of nitro benzene ring substituents is 3. The van der Waals surface area contributed by atoms with E-state index in [2.05, 4.69) is 56.8 Å². The molecule has 0 radical (unpaired) electrons. The average Bonchev–Trinajstić information content (AvgIpc) is 3.13. The zero-order chi connectivity index (χ0) is 42.3. The van der Waals surface area contributed by atoms with Crippen LogP contribution in [0.4, 0.5) is 30.2 Å². The Morgan fingerprint density at radius 1 is 0.673 bits per heavy atom. The number of ether oxygens (including phenoxy) is 1. The van der Waals surface area contributed by atoms with Gasteiger partial charge in [-0.2, -0.15) is 13.2 Å². The van der Waals surface area contributed by atoms with Crippen LogP contribution in [0.5, 0.6) is 0 Å². The molecule has 16 heteroatoms. The van der Waals surface area contributed by atoms with E-state index in [0.717, 1.165) is 31.7 Å². The maximum Gasteiger partial charge on any atom is 0.305 e. The molecule has 0 aliphatic heterocycles. The molecular weight excluding hydrogens is 894 g/mol. The maximum absolute atomic E-state index is 13.3. The van der Waals surface area contributed by atoms with Gasteiger partial charge in [-0.1, -0.05) is 30.8 Å². The molecule has 3 aromatic carbocycles. The van der Waals surface area contributed by atoms with Crippen LogP contribution in [0, 0.1) is 47.8 Å². The summed E-state index contributed by atoms with van der Waals surface area (Å²) in [6, 6.07) is 11.5. The Labute approximate surface area is 333 Å². The van der Waals surface area contributed by atoms with Crippen molar-refractivity contribution in [2.24, 2.45) is 0 Å². The second-order valence-electron chi connectivity index (χ2n) is 12.4. The van der Waals surface area contributed by atoms with Gasteiger partial charge in [0.25, 0.3) is 0 Å². The van der Waals surface area contributed by atoms with Crippen LogP contribution < -0.4 is 0 Å². The molecule has 0 aliphatic rings. The van der Waals surface area contributed by atoms with E-state index in [-0.39, 0.29) is 15.6 Å². The minimum Gasteiger partial charge on any atom is -0.294 e. The van der Waals surface area contributed by atoms with Gasteiger partial charge in [0.1, 0.15) is 0 Å². The number of halogens is 4. The van der Waals surface area contributed by atoms with Crippen LogP contribution in [0.25, 0.3) is 5.57 Å². The van der Waals surface area contributed by atoms with Gasteiger partial charge in [-0.05, 0) is 47.5 Å². The zero-order valence-electron chi connectivity index (χ0n) is 32.3. The quantitative estimate of drug-likeness (QED) is 0.0426. The maximum atomic E-state index is 13.3. The first-order valence-corrected chi connectivity index (χ1v) is 26.1. The first-order chi connectivity index (χ1) is 25.9. The molecule has 3 rings (SSSR count). The SMILES string of the molecule is C=C(C)c1cccc([N+](=O)[O-])c1F.C=[C](OCC)[Sn]([CH2]CCC)([CH2]CCC)[CH2]CCC.CC(=O)c1cccc([N+](=O)[O-])c1F.O=[N+]([O-])c1cccc(Br)c1F.